The van der Waals surface area contributed by atoms with Crippen LogP contribution in [0.4, 0.5) is 0 Å². The minimum Gasteiger partial charge on any atom is -0.251 e. The topological polar surface area (TPSA) is 54.5 Å². The minimum atomic E-state index is -0.237. The summed E-state index contributed by atoms with van der Waals surface area (Å²) in [7, 11) is 0. The van der Waals surface area contributed by atoms with Crippen LogP contribution >= 0.6 is 11.6 Å². The smallest absolute Gasteiger partial charge is 0.137 e. The third-order valence-corrected chi connectivity index (χ3v) is 2.52. The molecule has 0 unspecified atom stereocenters. The molecule has 0 saturated heterocycles. The molecule has 0 aliphatic rings. The van der Waals surface area contributed by atoms with Gasteiger partial charge in [0.15, 0.2) is 0 Å². The van der Waals surface area contributed by atoms with E-state index in [1.807, 2.05) is 12.1 Å². The van der Waals surface area contributed by atoms with Crippen LogP contribution in [0.5, 0.6) is 0 Å². The summed E-state index contributed by atoms with van der Waals surface area (Å²) in [4.78, 5) is 3.84. The van der Waals surface area contributed by atoms with E-state index in [4.69, 9.17) is 16.9 Å². The van der Waals surface area contributed by atoms with Crippen molar-refractivity contribution >= 4 is 11.6 Å². The molecule has 0 aliphatic heterocycles. The van der Waals surface area contributed by atoms with Crippen molar-refractivity contribution in [2.75, 3.05) is 0 Å². The lowest BCUT2D eigenvalue weighted by Crippen LogP contribution is -2.08. The van der Waals surface area contributed by atoms with Crippen LogP contribution in [0.25, 0.3) is 0 Å². The fourth-order valence-corrected chi connectivity index (χ4v) is 1.56. The number of aromatic nitrogens is 3. The fraction of sp³-hybridized carbons (Fsp3) is 0.182. The van der Waals surface area contributed by atoms with Crippen LogP contribution in [0, 0.1) is 11.3 Å². The molecule has 0 bridgehead atoms. The SMILES string of the molecule is N#C[C@@H](Cn1cncn1)c1ccc(Cl)cc1. The summed E-state index contributed by atoms with van der Waals surface area (Å²) in [5.74, 6) is -0.237. The predicted octanol–water partition coefficient (Wildman–Crippen LogP) is 2.24. The molecular formula is C11H9ClN4. The van der Waals surface area contributed by atoms with Crippen molar-refractivity contribution in [3.63, 3.8) is 0 Å². The van der Waals surface area contributed by atoms with Gasteiger partial charge in [-0.05, 0) is 17.7 Å². The molecular weight excluding hydrogens is 224 g/mol. The average Bonchev–Trinajstić information content (AvgIpc) is 2.80. The van der Waals surface area contributed by atoms with Crippen LogP contribution in [-0.2, 0) is 6.54 Å². The van der Waals surface area contributed by atoms with Crippen LogP contribution in [0.3, 0.4) is 0 Å². The standard InChI is InChI=1S/C11H9ClN4/c12-11-3-1-9(2-4-11)10(5-13)6-16-8-14-7-15-16/h1-4,7-8,10H,6H2/t10-/m0/s1. The number of nitrogens with zero attached hydrogens (tertiary/aromatic N) is 4. The first-order valence-corrected chi connectivity index (χ1v) is 5.15. The van der Waals surface area contributed by atoms with E-state index in [9.17, 15) is 0 Å². The van der Waals surface area contributed by atoms with Crippen molar-refractivity contribution in [2.45, 2.75) is 12.5 Å². The number of hydrogen-bond donors (Lipinski definition) is 0. The number of halogens is 1. The lowest BCUT2D eigenvalue weighted by molar-refractivity contribution is 0.577. The lowest BCUT2D eigenvalue weighted by atomic mass is 10.0. The first-order chi connectivity index (χ1) is 7.79. The van der Waals surface area contributed by atoms with Gasteiger partial charge in [-0.3, -0.25) is 4.68 Å². The van der Waals surface area contributed by atoms with E-state index in [0.717, 1.165) is 5.56 Å². The Morgan fingerprint density at radius 2 is 2.12 bits per heavy atom. The molecule has 1 atom stereocenters. The fourth-order valence-electron chi connectivity index (χ4n) is 1.43. The van der Waals surface area contributed by atoms with Crippen LogP contribution < -0.4 is 0 Å². The highest BCUT2D eigenvalue weighted by molar-refractivity contribution is 6.30. The van der Waals surface area contributed by atoms with E-state index in [1.54, 1.807) is 23.1 Å². The molecule has 1 aromatic heterocycles. The highest BCUT2D eigenvalue weighted by Crippen LogP contribution is 2.19. The van der Waals surface area contributed by atoms with Gasteiger partial charge in [0, 0.05) is 5.02 Å². The zero-order valence-corrected chi connectivity index (χ0v) is 9.17. The molecule has 2 aromatic rings. The predicted molar refractivity (Wildman–Crippen MR) is 59.8 cm³/mol. The summed E-state index contributed by atoms with van der Waals surface area (Å²) in [5, 5.41) is 13.7. The van der Waals surface area contributed by atoms with Gasteiger partial charge in [-0.25, -0.2) is 4.98 Å². The Hall–Kier alpha value is -1.86. The summed E-state index contributed by atoms with van der Waals surface area (Å²) in [6, 6.07) is 9.51. The average molecular weight is 233 g/mol. The molecule has 80 valence electrons. The summed E-state index contributed by atoms with van der Waals surface area (Å²) in [5.41, 5.74) is 0.933. The Bertz CT molecular complexity index is 484. The van der Waals surface area contributed by atoms with E-state index in [1.165, 1.54) is 6.33 Å². The van der Waals surface area contributed by atoms with Crippen molar-refractivity contribution in [1.29, 1.82) is 5.26 Å². The molecule has 5 heteroatoms. The van der Waals surface area contributed by atoms with Gasteiger partial charge in [-0.2, -0.15) is 10.4 Å². The van der Waals surface area contributed by atoms with Crippen molar-refractivity contribution in [3.05, 3.63) is 47.5 Å². The van der Waals surface area contributed by atoms with Gasteiger partial charge in [0.05, 0.1) is 18.5 Å². The Morgan fingerprint density at radius 1 is 1.38 bits per heavy atom. The highest BCUT2D eigenvalue weighted by Gasteiger charge is 2.11. The van der Waals surface area contributed by atoms with Gasteiger partial charge >= 0.3 is 0 Å². The van der Waals surface area contributed by atoms with E-state index >= 15 is 0 Å². The molecule has 2 rings (SSSR count). The Morgan fingerprint density at radius 3 is 2.69 bits per heavy atom. The molecule has 1 heterocycles. The van der Waals surface area contributed by atoms with Crippen molar-refractivity contribution in [1.82, 2.24) is 14.8 Å². The van der Waals surface area contributed by atoms with Crippen LogP contribution in [0.1, 0.15) is 11.5 Å². The minimum absolute atomic E-state index is 0.237. The summed E-state index contributed by atoms with van der Waals surface area (Å²) < 4.78 is 1.64. The molecule has 0 saturated carbocycles. The Balaban J connectivity index is 2.17. The maximum absolute atomic E-state index is 9.10. The number of nitriles is 1. The van der Waals surface area contributed by atoms with Gasteiger partial charge in [0.2, 0.25) is 0 Å². The molecule has 0 fully saturated rings. The lowest BCUT2D eigenvalue weighted by Gasteiger charge is -2.08. The largest absolute Gasteiger partial charge is 0.251 e. The van der Waals surface area contributed by atoms with Gasteiger partial charge < -0.3 is 0 Å². The third kappa shape index (κ3) is 2.38. The van der Waals surface area contributed by atoms with Gasteiger partial charge in [-0.1, -0.05) is 23.7 Å². The highest BCUT2D eigenvalue weighted by atomic mass is 35.5. The summed E-state index contributed by atoms with van der Waals surface area (Å²) >= 11 is 5.79. The van der Waals surface area contributed by atoms with Gasteiger partial charge in [0.25, 0.3) is 0 Å². The number of hydrogen-bond acceptors (Lipinski definition) is 3. The molecule has 16 heavy (non-hydrogen) atoms. The number of benzene rings is 1. The quantitative estimate of drug-likeness (QED) is 0.816. The molecule has 0 aliphatic carbocycles. The molecule has 0 radical (unpaired) electrons. The normalized spacial score (nSPS) is 12.0. The second kappa shape index (κ2) is 4.77. The first kappa shape index (κ1) is 10.7. The first-order valence-electron chi connectivity index (χ1n) is 4.77. The Kier molecular flexibility index (Phi) is 3.18. The third-order valence-electron chi connectivity index (χ3n) is 2.26. The second-order valence-corrected chi connectivity index (χ2v) is 3.79. The maximum Gasteiger partial charge on any atom is 0.137 e. The summed E-state index contributed by atoms with van der Waals surface area (Å²) in [6.45, 7) is 0.498. The summed E-state index contributed by atoms with van der Waals surface area (Å²) in [6.07, 6.45) is 3.05. The van der Waals surface area contributed by atoms with Crippen molar-refractivity contribution in [2.24, 2.45) is 0 Å². The molecule has 1 aromatic carbocycles. The zero-order chi connectivity index (χ0) is 11.4. The van der Waals surface area contributed by atoms with E-state index in [-0.39, 0.29) is 5.92 Å². The van der Waals surface area contributed by atoms with E-state index < -0.39 is 0 Å². The molecule has 4 nitrogen and oxygen atoms in total. The van der Waals surface area contributed by atoms with Crippen molar-refractivity contribution < 1.29 is 0 Å². The van der Waals surface area contributed by atoms with E-state index in [0.29, 0.717) is 11.6 Å². The van der Waals surface area contributed by atoms with Crippen LogP contribution in [0.15, 0.2) is 36.9 Å². The number of rotatable bonds is 3. The van der Waals surface area contributed by atoms with Gasteiger partial charge in [0.1, 0.15) is 12.7 Å². The second-order valence-electron chi connectivity index (χ2n) is 3.35. The Labute approximate surface area is 98.1 Å². The van der Waals surface area contributed by atoms with Crippen LogP contribution in [-0.4, -0.2) is 14.8 Å². The molecule has 0 N–H and O–H groups in total. The molecule has 0 spiro atoms. The monoisotopic (exact) mass is 232 g/mol. The van der Waals surface area contributed by atoms with Gasteiger partial charge in [-0.15, -0.1) is 0 Å². The van der Waals surface area contributed by atoms with Crippen molar-refractivity contribution in [3.8, 4) is 6.07 Å². The molecule has 0 amide bonds. The van der Waals surface area contributed by atoms with E-state index in [2.05, 4.69) is 16.2 Å². The maximum atomic E-state index is 9.10. The zero-order valence-electron chi connectivity index (χ0n) is 8.42. The van der Waals surface area contributed by atoms with Crippen LogP contribution in [0.2, 0.25) is 5.02 Å².